The lowest BCUT2D eigenvalue weighted by molar-refractivity contribution is -0.133. The van der Waals surface area contributed by atoms with Crippen LogP contribution in [0, 0.1) is 0 Å². The topological polar surface area (TPSA) is 52.2 Å². The third kappa shape index (κ3) is 5.29. The standard InChI is InChI=1S/C23H31N5O2/c1-30-21-7-5-20(6-8-21)18-25-10-12-26(13-11-25)19-23(29)28-16-14-27(15-17-28)22-4-2-3-9-24-22/h2-9H,10-19H2,1H3. The van der Waals surface area contributed by atoms with Gasteiger partial charge in [-0.2, -0.15) is 0 Å². The van der Waals surface area contributed by atoms with Gasteiger partial charge in [0, 0.05) is 65.1 Å². The molecule has 0 atom stereocenters. The number of pyridine rings is 1. The van der Waals surface area contributed by atoms with Crippen molar-refractivity contribution in [2.24, 2.45) is 0 Å². The van der Waals surface area contributed by atoms with Crippen LogP contribution in [0.25, 0.3) is 0 Å². The summed E-state index contributed by atoms with van der Waals surface area (Å²) in [5.74, 6) is 2.14. The number of nitrogens with zero attached hydrogens (tertiary/aromatic N) is 5. The number of aromatic nitrogens is 1. The van der Waals surface area contributed by atoms with E-state index in [4.69, 9.17) is 4.74 Å². The molecular formula is C23H31N5O2. The van der Waals surface area contributed by atoms with E-state index >= 15 is 0 Å². The van der Waals surface area contributed by atoms with Gasteiger partial charge in [0.1, 0.15) is 11.6 Å². The van der Waals surface area contributed by atoms with Crippen molar-refractivity contribution in [1.82, 2.24) is 19.7 Å². The maximum absolute atomic E-state index is 12.8. The summed E-state index contributed by atoms with van der Waals surface area (Å²) in [6, 6.07) is 14.2. The van der Waals surface area contributed by atoms with Gasteiger partial charge in [-0.1, -0.05) is 18.2 Å². The number of rotatable bonds is 6. The lowest BCUT2D eigenvalue weighted by Gasteiger charge is -2.38. The molecule has 3 heterocycles. The minimum Gasteiger partial charge on any atom is -0.497 e. The smallest absolute Gasteiger partial charge is 0.236 e. The SMILES string of the molecule is COc1ccc(CN2CCN(CC(=O)N3CCN(c4ccccn4)CC3)CC2)cc1. The average Bonchev–Trinajstić information content (AvgIpc) is 2.81. The monoisotopic (exact) mass is 409 g/mol. The molecule has 2 aliphatic heterocycles. The van der Waals surface area contributed by atoms with Crippen molar-refractivity contribution in [3.8, 4) is 5.75 Å². The molecule has 1 aromatic heterocycles. The van der Waals surface area contributed by atoms with Crippen LogP contribution >= 0.6 is 0 Å². The normalized spacial score (nSPS) is 18.4. The zero-order valence-electron chi connectivity index (χ0n) is 17.7. The Balaban J connectivity index is 1.18. The molecule has 0 saturated carbocycles. The van der Waals surface area contributed by atoms with E-state index < -0.39 is 0 Å². The Bertz CT molecular complexity index is 798. The van der Waals surface area contributed by atoms with Crippen molar-refractivity contribution in [2.45, 2.75) is 6.54 Å². The quantitative estimate of drug-likeness (QED) is 0.722. The second-order valence-electron chi connectivity index (χ2n) is 7.96. The largest absolute Gasteiger partial charge is 0.497 e. The minimum absolute atomic E-state index is 0.249. The Labute approximate surface area is 178 Å². The molecule has 0 radical (unpaired) electrons. The van der Waals surface area contributed by atoms with Crippen molar-refractivity contribution in [2.75, 3.05) is 70.9 Å². The highest BCUT2D eigenvalue weighted by atomic mass is 16.5. The first-order chi connectivity index (χ1) is 14.7. The Morgan fingerprint density at radius 2 is 1.60 bits per heavy atom. The van der Waals surface area contributed by atoms with E-state index in [0.29, 0.717) is 6.54 Å². The summed E-state index contributed by atoms with van der Waals surface area (Å²) in [6.07, 6.45) is 1.82. The summed E-state index contributed by atoms with van der Waals surface area (Å²) in [5.41, 5.74) is 1.30. The van der Waals surface area contributed by atoms with E-state index in [1.807, 2.05) is 41.4 Å². The van der Waals surface area contributed by atoms with Crippen molar-refractivity contribution in [1.29, 1.82) is 0 Å². The molecule has 0 unspecified atom stereocenters. The first kappa shape index (κ1) is 20.6. The van der Waals surface area contributed by atoms with Crippen LogP contribution in [-0.4, -0.2) is 91.6 Å². The number of hydrogen-bond donors (Lipinski definition) is 0. The van der Waals surface area contributed by atoms with Crippen LogP contribution in [-0.2, 0) is 11.3 Å². The van der Waals surface area contributed by atoms with E-state index in [1.165, 1.54) is 5.56 Å². The Morgan fingerprint density at radius 3 is 2.23 bits per heavy atom. The van der Waals surface area contributed by atoms with Gasteiger partial charge in [-0.05, 0) is 29.8 Å². The first-order valence-corrected chi connectivity index (χ1v) is 10.7. The zero-order chi connectivity index (χ0) is 20.8. The van der Waals surface area contributed by atoms with E-state index in [9.17, 15) is 4.79 Å². The number of carbonyl (C=O) groups is 1. The summed E-state index contributed by atoms with van der Waals surface area (Å²) >= 11 is 0. The number of benzene rings is 1. The summed E-state index contributed by atoms with van der Waals surface area (Å²) in [4.78, 5) is 26.2. The molecule has 4 rings (SSSR count). The third-order valence-corrected chi connectivity index (χ3v) is 5.99. The van der Waals surface area contributed by atoms with Crippen LogP contribution in [0.3, 0.4) is 0 Å². The number of carbonyl (C=O) groups excluding carboxylic acids is 1. The van der Waals surface area contributed by atoms with Gasteiger partial charge >= 0.3 is 0 Å². The highest BCUT2D eigenvalue weighted by Crippen LogP contribution is 2.15. The summed E-state index contributed by atoms with van der Waals surface area (Å²) in [7, 11) is 1.69. The van der Waals surface area contributed by atoms with Crippen LogP contribution in [0.15, 0.2) is 48.7 Å². The third-order valence-electron chi connectivity index (χ3n) is 5.99. The molecule has 7 nitrogen and oxygen atoms in total. The molecule has 2 aliphatic rings. The fourth-order valence-electron chi connectivity index (χ4n) is 4.11. The number of ether oxygens (including phenoxy) is 1. The highest BCUT2D eigenvalue weighted by molar-refractivity contribution is 5.78. The summed E-state index contributed by atoms with van der Waals surface area (Å²) < 4.78 is 5.23. The Hall–Kier alpha value is -2.64. The van der Waals surface area contributed by atoms with Gasteiger partial charge in [0.2, 0.25) is 5.91 Å². The second kappa shape index (κ2) is 9.91. The van der Waals surface area contributed by atoms with E-state index in [1.54, 1.807) is 7.11 Å². The fraction of sp³-hybridized carbons (Fsp3) is 0.478. The van der Waals surface area contributed by atoms with Crippen molar-refractivity contribution in [3.05, 3.63) is 54.2 Å². The molecule has 2 fully saturated rings. The van der Waals surface area contributed by atoms with Crippen LogP contribution in [0.4, 0.5) is 5.82 Å². The zero-order valence-corrected chi connectivity index (χ0v) is 17.7. The maximum Gasteiger partial charge on any atom is 0.236 e. The average molecular weight is 410 g/mol. The molecule has 2 aromatic rings. The molecule has 2 saturated heterocycles. The molecule has 1 aromatic carbocycles. The van der Waals surface area contributed by atoms with Gasteiger partial charge in [0.15, 0.2) is 0 Å². The minimum atomic E-state index is 0.249. The number of hydrogen-bond acceptors (Lipinski definition) is 6. The number of anilines is 1. The molecule has 0 N–H and O–H groups in total. The molecule has 0 bridgehead atoms. The number of piperazine rings is 2. The predicted octanol–water partition coefficient (Wildman–Crippen LogP) is 1.56. The van der Waals surface area contributed by atoms with Crippen LogP contribution in [0.1, 0.15) is 5.56 Å². The molecule has 1 amide bonds. The fourth-order valence-corrected chi connectivity index (χ4v) is 4.11. The van der Waals surface area contributed by atoms with Gasteiger partial charge < -0.3 is 14.5 Å². The molecule has 30 heavy (non-hydrogen) atoms. The maximum atomic E-state index is 12.8. The van der Waals surface area contributed by atoms with Gasteiger partial charge in [-0.15, -0.1) is 0 Å². The Kier molecular flexibility index (Phi) is 6.81. The first-order valence-electron chi connectivity index (χ1n) is 10.7. The van der Waals surface area contributed by atoms with Crippen molar-refractivity contribution < 1.29 is 9.53 Å². The van der Waals surface area contributed by atoms with Crippen LogP contribution in [0.2, 0.25) is 0 Å². The number of amides is 1. The van der Waals surface area contributed by atoms with Crippen molar-refractivity contribution in [3.63, 3.8) is 0 Å². The second-order valence-corrected chi connectivity index (χ2v) is 7.96. The Morgan fingerprint density at radius 1 is 0.900 bits per heavy atom. The lowest BCUT2D eigenvalue weighted by atomic mass is 10.2. The summed E-state index contributed by atoms with van der Waals surface area (Å²) in [5, 5.41) is 0. The number of methoxy groups -OCH3 is 1. The van der Waals surface area contributed by atoms with Gasteiger partial charge in [-0.25, -0.2) is 4.98 Å². The molecule has 160 valence electrons. The van der Waals surface area contributed by atoms with Crippen molar-refractivity contribution >= 4 is 11.7 Å². The molecule has 0 spiro atoms. The van der Waals surface area contributed by atoms with Gasteiger partial charge in [-0.3, -0.25) is 14.6 Å². The summed E-state index contributed by atoms with van der Waals surface area (Å²) in [6.45, 7) is 8.57. The molecule has 0 aliphatic carbocycles. The molecule has 7 heteroatoms. The van der Waals surface area contributed by atoms with Crippen LogP contribution in [0.5, 0.6) is 5.75 Å². The van der Waals surface area contributed by atoms with Gasteiger partial charge in [0.05, 0.1) is 13.7 Å². The van der Waals surface area contributed by atoms with E-state index in [-0.39, 0.29) is 5.91 Å². The predicted molar refractivity (Wildman–Crippen MR) is 118 cm³/mol. The lowest BCUT2D eigenvalue weighted by Crippen LogP contribution is -2.53. The van der Waals surface area contributed by atoms with E-state index in [0.717, 1.165) is 70.5 Å². The van der Waals surface area contributed by atoms with Gasteiger partial charge in [0.25, 0.3) is 0 Å². The van der Waals surface area contributed by atoms with Crippen LogP contribution < -0.4 is 9.64 Å². The highest BCUT2D eigenvalue weighted by Gasteiger charge is 2.25. The molecular weight excluding hydrogens is 378 g/mol. The van der Waals surface area contributed by atoms with E-state index in [2.05, 4.69) is 31.8 Å².